The van der Waals surface area contributed by atoms with E-state index in [1.54, 1.807) is 0 Å². The third-order valence-corrected chi connectivity index (χ3v) is 3.50. The number of hydrogen-bond donors (Lipinski definition) is 1. The fourth-order valence-electron chi connectivity index (χ4n) is 2.35. The third-order valence-electron chi connectivity index (χ3n) is 3.50. The second-order valence-corrected chi connectivity index (χ2v) is 5.54. The molecule has 0 amide bonds. The van der Waals surface area contributed by atoms with E-state index in [4.69, 9.17) is 0 Å². The summed E-state index contributed by atoms with van der Waals surface area (Å²) in [4.78, 5) is 0. The van der Waals surface area contributed by atoms with E-state index >= 15 is 0 Å². The highest BCUT2D eigenvalue weighted by molar-refractivity contribution is 5.68. The molecule has 1 heterocycles. The molecule has 0 aliphatic heterocycles. The number of aromatic nitrogens is 2. The Morgan fingerprint density at radius 3 is 2.60 bits per heavy atom. The number of nitrogens with one attached hydrogen (secondary N) is 1. The molecule has 0 saturated carbocycles. The lowest BCUT2D eigenvalue weighted by molar-refractivity contribution is 0.529. The predicted molar refractivity (Wildman–Crippen MR) is 84.8 cm³/mol. The van der Waals surface area contributed by atoms with E-state index in [1.807, 2.05) is 4.68 Å². The molecule has 3 heteroatoms. The maximum atomic E-state index is 4.62. The number of hydrogen-bond acceptors (Lipinski definition) is 2. The van der Waals surface area contributed by atoms with Crippen LogP contribution in [0.15, 0.2) is 30.5 Å². The zero-order valence-electron chi connectivity index (χ0n) is 13.0. The molecule has 0 aliphatic rings. The Morgan fingerprint density at radius 1 is 1.20 bits per heavy atom. The van der Waals surface area contributed by atoms with Crippen LogP contribution in [0.25, 0.3) is 11.1 Å². The summed E-state index contributed by atoms with van der Waals surface area (Å²) >= 11 is 0. The molecule has 0 radical (unpaired) electrons. The number of benzene rings is 1. The minimum absolute atomic E-state index is 0.396. The van der Waals surface area contributed by atoms with Crippen molar-refractivity contribution in [1.29, 1.82) is 0 Å². The van der Waals surface area contributed by atoms with Gasteiger partial charge in [-0.1, -0.05) is 31.2 Å². The zero-order valence-corrected chi connectivity index (χ0v) is 13.0. The topological polar surface area (TPSA) is 29.9 Å². The van der Waals surface area contributed by atoms with Crippen LogP contribution < -0.4 is 5.32 Å². The van der Waals surface area contributed by atoms with Crippen molar-refractivity contribution in [3.05, 3.63) is 41.7 Å². The summed E-state index contributed by atoms with van der Waals surface area (Å²) in [5.74, 6) is 0. The number of aryl methyl sites for hydroxylation is 1. The van der Waals surface area contributed by atoms with Crippen LogP contribution in [0.1, 0.15) is 44.5 Å². The van der Waals surface area contributed by atoms with Gasteiger partial charge in [-0.2, -0.15) is 5.10 Å². The Labute approximate surface area is 122 Å². The summed E-state index contributed by atoms with van der Waals surface area (Å²) < 4.78 is 2.04. The van der Waals surface area contributed by atoms with Crippen molar-refractivity contribution in [1.82, 2.24) is 15.1 Å². The Bertz CT molecular complexity index is 555. The van der Waals surface area contributed by atoms with E-state index in [0.29, 0.717) is 6.04 Å². The van der Waals surface area contributed by atoms with Crippen molar-refractivity contribution in [3.63, 3.8) is 0 Å². The van der Waals surface area contributed by atoms with E-state index in [9.17, 15) is 0 Å². The molecule has 3 nitrogen and oxygen atoms in total. The maximum Gasteiger partial charge on any atom is 0.0672 e. The Hall–Kier alpha value is -1.61. The molecule has 1 aromatic heterocycles. The fraction of sp³-hybridized carbons (Fsp3) is 0.471. The third kappa shape index (κ3) is 3.28. The van der Waals surface area contributed by atoms with Gasteiger partial charge in [0, 0.05) is 24.3 Å². The summed E-state index contributed by atoms with van der Waals surface area (Å²) in [5.41, 5.74) is 4.97. The first kappa shape index (κ1) is 14.8. The van der Waals surface area contributed by atoms with Crippen LogP contribution in [0.5, 0.6) is 0 Å². The van der Waals surface area contributed by atoms with Crippen molar-refractivity contribution in [2.75, 3.05) is 6.54 Å². The molecular formula is C17H25N3. The first-order valence-corrected chi connectivity index (χ1v) is 7.48. The molecule has 0 bridgehead atoms. The molecule has 0 atom stereocenters. The quantitative estimate of drug-likeness (QED) is 0.806. The van der Waals surface area contributed by atoms with Gasteiger partial charge in [0.25, 0.3) is 0 Å². The van der Waals surface area contributed by atoms with Crippen LogP contribution in [-0.4, -0.2) is 16.3 Å². The van der Waals surface area contributed by atoms with Gasteiger partial charge >= 0.3 is 0 Å². The standard InChI is InChI=1S/C17H25N3/c1-5-10-18-11-15-8-6-7-9-16(15)17-12-20(13(2)3)19-14(17)4/h6-9,12-13,18H,5,10-11H2,1-4H3. The highest BCUT2D eigenvalue weighted by Crippen LogP contribution is 2.27. The average Bonchev–Trinajstić information content (AvgIpc) is 2.82. The van der Waals surface area contributed by atoms with Crippen molar-refractivity contribution in [3.8, 4) is 11.1 Å². The molecular weight excluding hydrogens is 246 g/mol. The van der Waals surface area contributed by atoms with Gasteiger partial charge in [-0.25, -0.2) is 0 Å². The molecule has 1 aromatic carbocycles. The normalized spacial score (nSPS) is 11.2. The molecule has 108 valence electrons. The highest BCUT2D eigenvalue weighted by Gasteiger charge is 2.12. The van der Waals surface area contributed by atoms with E-state index in [-0.39, 0.29) is 0 Å². The van der Waals surface area contributed by atoms with E-state index < -0.39 is 0 Å². The monoisotopic (exact) mass is 271 g/mol. The maximum absolute atomic E-state index is 4.62. The van der Waals surface area contributed by atoms with Gasteiger partial charge in [0.15, 0.2) is 0 Å². The van der Waals surface area contributed by atoms with Crippen LogP contribution in [-0.2, 0) is 6.54 Å². The summed E-state index contributed by atoms with van der Waals surface area (Å²) in [6.07, 6.45) is 3.32. The molecule has 0 spiro atoms. The lowest BCUT2D eigenvalue weighted by Gasteiger charge is -2.09. The lowest BCUT2D eigenvalue weighted by atomic mass is 10.0. The Balaban J connectivity index is 2.32. The van der Waals surface area contributed by atoms with Gasteiger partial charge in [-0.15, -0.1) is 0 Å². The molecule has 0 fully saturated rings. The van der Waals surface area contributed by atoms with Gasteiger partial charge in [-0.3, -0.25) is 4.68 Å². The van der Waals surface area contributed by atoms with Gasteiger partial charge in [0.1, 0.15) is 0 Å². The average molecular weight is 271 g/mol. The summed E-state index contributed by atoms with van der Waals surface area (Å²) in [7, 11) is 0. The van der Waals surface area contributed by atoms with Crippen molar-refractivity contribution in [2.45, 2.75) is 46.7 Å². The van der Waals surface area contributed by atoms with Crippen LogP contribution in [0.3, 0.4) is 0 Å². The number of nitrogens with zero attached hydrogens (tertiary/aromatic N) is 2. The molecule has 0 unspecified atom stereocenters. The Morgan fingerprint density at radius 2 is 1.95 bits per heavy atom. The van der Waals surface area contributed by atoms with Crippen LogP contribution in [0.2, 0.25) is 0 Å². The van der Waals surface area contributed by atoms with Crippen LogP contribution >= 0.6 is 0 Å². The summed E-state index contributed by atoms with van der Waals surface area (Å²) in [5, 5.41) is 8.10. The van der Waals surface area contributed by atoms with Gasteiger partial charge < -0.3 is 5.32 Å². The minimum atomic E-state index is 0.396. The molecule has 1 N–H and O–H groups in total. The molecule has 20 heavy (non-hydrogen) atoms. The first-order valence-electron chi connectivity index (χ1n) is 7.48. The van der Waals surface area contributed by atoms with Crippen molar-refractivity contribution < 1.29 is 0 Å². The van der Waals surface area contributed by atoms with E-state index in [2.05, 4.69) is 68.6 Å². The molecule has 0 aliphatic carbocycles. The van der Waals surface area contributed by atoms with E-state index in [1.165, 1.54) is 16.7 Å². The van der Waals surface area contributed by atoms with E-state index in [0.717, 1.165) is 25.2 Å². The lowest BCUT2D eigenvalue weighted by Crippen LogP contribution is -2.14. The minimum Gasteiger partial charge on any atom is -0.313 e. The SMILES string of the molecule is CCCNCc1ccccc1-c1cn(C(C)C)nc1C. The second kappa shape index (κ2) is 6.71. The van der Waals surface area contributed by atoms with Crippen molar-refractivity contribution >= 4 is 0 Å². The molecule has 2 rings (SSSR count). The molecule has 2 aromatic rings. The van der Waals surface area contributed by atoms with Crippen LogP contribution in [0.4, 0.5) is 0 Å². The van der Waals surface area contributed by atoms with Gasteiger partial charge in [0.2, 0.25) is 0 Å². The zero-order chi connectivity index (χ0) is 14.5. The second-order valence-electron chi connectivity index (χ2n) is 5.54. The largest absolute Gasteiger partial charge is 0.313 e. The summed E-state index contributed by atoms with van der Waals surface area (Å²) in [6.45, 7) is 10.6. The van der Waals surface area contributed by atoms with Crippen molar-refractivity contribution in [2.24, 2.45) is 0 Å². The smallest absolute Gasteiger partial charge is 0.0672 e. The first-order chi connectivity index (χ1) is 9.63. The van der Waals surface area contributed by atoms with Gasteiger partial charge in [-0.05, 0) is 44.9 Å². The highest BCUT2D eigenvalue weighted by atomic mass is 15.3. The van der Waals surface area contributed by atoms with Gasteiger partial charge in [0.05, 0.1) is 5.69 Å². The fourth-order valence-corrected chi connectivity index (χ4v) is 2.35. The predicted octanol–water partition coefficient (Wildman–Crippen LogP) is 3.94. The molecule has 0 saturated heterocycles. The Kier molecular flexibility index (Phi) is 4.96. The number of rotatable bonds is 6. The summed E-state index contributed by atoms with van der Waals surface area (Å²) in [6, 6.07) is 8.99. The van der Waals surface area contributed by atoms with Crippen LogP contribution in [0, 0.1) is 6.92 Å².